The number of carbonyl (C=O) groups is 1. The van der Waals surface area contributed by atoms with E-state index in [1.807, 2.05) is 30.3 Å². The zero-order valence-corrected chi connectivity index (χ0v) is 15.6. The predicted molar refractivity (Wildman–Crippen MR) is 104 cm³/mol. The number of hydrazone groups is 1. The molecule has 2 aromatic rings. The summed E-state index contributed by atoms with van der Waals surface area (Å²) in [5.74, 6) is 2.25. The summed E-state index contributed by atoms with van der Waals surface area (Å²) in [5, 5.41) is 3.94. The maximum absolute atomic E-state index is 11.9. The van der Waals surface area contributed by atoms with Gasteiger partial charge in [-0.15, -0.1) is 0 Å². The Balaban J connectivity index is 1.44. The molecule has 0 spiro atoms. The Labute approximate surface area is 159 Å². The summed E-state index contributed by atoms with van der Waals surface area (Å²) in [6, 6.07) is 13.3. The van der Waals surface area contributed by atoms with Crippen molar-refractivity contribution in [3.63, 3.8) is 0 Å². The number of nitrogens with one attached hydrogen (secondary N) is 1. The van der Waals surface area contributed by atoms with Crippen LogP contribution in [0.15, 0.2) is 47.6 Å². The first kappa shape index (κ1) is 18.8. The van der Waals surface area contributed by atoms with E-state index in [4.69, 9.17) is 14.2 Å². The molecule has 2 aromatic carbocycles. The molecule has 1 amide bonds. The van der Waals surface area contributed by atoms with Crippen molar-refractivity contribution in [3.05, 3.63) is 53.6 Å². The van der Waals surface area contributed by atoms with E-state index in [0.717, 1.165) is 18.4 Å². The van der Waals surface area contributed by atoms with Gasteiger partial charge in [0, 0.05) is 0 Å². The van der Waals surface area contributed by atoms with Crippen LogP contribution in [0, 0.1) is 0 Å². The molecule has 0 aliphatic carbocycles. The molecule has 142 valence electrons. The van der Waals surface area contributed by atoms with E-state index in [1.54, 1.807) is 18.3 Å². The van der Waals surface area contributed by atoms with Crippen LogP contribution >= 0.6 is 0 Å². The summed E-state index contributed by atoms with van der Waals surface area (Å²) in [7, 11) is 0. The van der Waals surface area contributed by atoms with Gasteiger partial charge in [-0.3, -0.25) is 4.79 Å². The van der Waals surface area contributed by atoms with Gasteiger partial charge in [0.15, 0.2) is 18.1 Å². The minimum atomic E-state index is -0.324. The van der Waals surface area contributed by atoms with Gasteiger partial charge in [0.25, 0.3) is 5.91 Å². The average Bonchev–Trinajstić information content (AvgIpc) is 3.15. The molecule has 1 unspecified atom stereocenters. The minimum absolute atomic E-state index is 0.0949. The number of nitrogens with zero attached hydrogens (tertiary/aromatic N) is 1. The molecule has 27 heavy (non-hydrogen) atoms. The van der Waals surface area contributed by atoms with Crippen LogP contribution in [0.2, 0.25) is 0 Å². The van der Waals surface area contributed by atoms with Gasteiger partial charge < -0.3 is 14.2 Å². The molecule has 1 heterocycles. The lowest BCUT2D eigenvalue weighted by molar-refractivity contribution is -0.123. The van der Waals surface area contributed by atoms with E-state index < -0.39 is 0 Å². The van der Waals surface area contributed by atoms with Crippen molar-refractivity contribution in [1.29, 1.82) is 0 Å². The number of hydrogen-bond donors (Lipinski definition) is 1. The fourth-order valence-corrected chi connectivity index (χ4v) is 2.85. The van der Waals surface area contributed by atoms with E-state index in [2.05, 4.69) is 24.4 Å². The summed E-state index contributed by atoms with van der Waals surface area (Å²) in [4.78, 5) is 11.9. The summed E-state index contributed by atoms with van der Waals surface area (Å²) in [5.41, 5.74) is 4.53. The third kappa shape index (κ3) is 5.23. The fourth-order valence-electron chi connectivity index (χ4n) is 2.85. The molecule has 0 radical (unpaired) electrons. The third-order valence-corrected chi connectivity index (χ3v) is 4.34. The zero-order chi connectivity index (χ0) is 19.1. The Morgan fingerprint density at radius 3 is 2.78 bits per heavy atom. The van der Waals surface area contributed by atoms with Crippen LogP contribution < -0.4 is 19.6 Å². The lowest BCUT2D eigenvalue weighted by atomic mass is 9.97. The SMILES string of the molecule is CCCC(C)c1ccc(OCC(=O)NN=Cc2ccc3c(c2)OCO3)cc1. The Kier molecular flexibility index (Phi) is 6.30. The van der Waals surface area contributed by atoms with Gasteiger partial charge >= 0.3 is 0 Å². The van der Waals surface area contributed by atoms with Gasteiger partial charge in [0.05, 0.1) is 6.21 Å². The molecule has 0 aromatic heterocycles. The van der Waals surface area contributed by atoms with Crippen LogP contribution in [-0.4, -0.2) is 25.5 Å². The summed E-state index contributed by atoms with van der Waals surface area (Å²) in [6.07, 6.45) is 3.86. The van der Waals surface area contributed by atoms with Crippen molar-refractivity contribution < 1.29 is 19.0 Å². The highest BCUT2D eigenvalue weighted by Crippen LogP contribution is 2.31. The van der Waals surface area contributed by atoms with Crippen molar-refractivity contribution in [3.8, 4) is 17.2 Å². The van der Waals surface area contributed by atoms with Gasteiger partial charge in [-0.1, -0.05) is 32.4 Å². The summed E-state index contributed by atoms with van der Waals surface area (Å²) < 4.78 is 16.1. The Bertz CT molecular complexity index is 802. The molecule has 0 fully saturated rings. The van der Waals surface area contributed by atoms with Crippen molar-refractivity contribution in [2.75, 3.05) is 13.4 Å². The first-order valence-electron chi connectivity index (χ1n) is 9.10. The number of rotatable bonds is 8. The quantitative estimate of drug-likeness (QED) is 0.568. The van der Waals surface area contributed by atoms with Gasteiger partial charge in [-0.25, -0.2) is 5.43 Å². The highest BCUT2D eigenvalue weighted by Gasteiger charge is 2.12. The highest BCUT2D eigenvalue weighted by molar-refractivity contribution is 5.83. The van der Waals surface area contributed by atoms with Crippen molar-refractivity contribution in [2.24, 2.45) is 5.10 Å². The molecular weight excluding hydrogens is 344 g/mol. The average molecular weight is 368 g/mol. The van der Waals surface area contributed by atoms with Crippen LogP contribution in [0.5, 0.6) is 17.2 Å². The Morgan fingerprint density at radius 1 is 1.22 bits per heavy atom. The predicted octanol–water partition coefficient (Wildman–Crippen LogP) is 3.85. The summed E-state index contributed by atoms with van der Waals surface area (Å²) >= 11 is 0. The van der Waals surface area contributed by atoms with Crippen LogP contribution in [-0.2, 0) is 4.79 Å². The third-order valence-electron chi connectivity index (χ3n) is 4.34. The number of carbonyl (C=O) groups excluding carboxylic acids is 1. The monoisotopic (exact) mass is 368 g/mol. The second-order valence-corrected chi connectivity index (χ2v) is 6.45. The van der Waals surface area contributed by atoms with E-state index in [-0.39, 0.29) is 19.3 Å². The van der Waals surface area contributed by atoms with Crippen molar-refractivity contribution in [1.82, 2.24) is 5.43 Å². The van der Waals surface area contributed by atoms with E-state index >= 15 is 0 Å². The first-order chi connectivity index (χ1) is 13.2. The molecule has 0 bridgehead atoms. The maximum Gasteiger partial charge on any atom is 0.277 e. The van der Waals surface area contributed by atoms with Crippen molar-refractivity contribution in [2.45, 2.75) is 32.6 Å². The lowest BCUT2D eigenvalue weighted by Crippen LogP contribution is -2.24. The van der Waals surface area contributed by atoms with E-state index in [1.165, 1.54) is 5.56 Å². The van der Waals surface area contributed by atoms with Crippen LogP contribution in [0.3, 0.4) is 0 Å². The zero-order valence-electron chi connectivity index (χ0n) is 15.6. The van der Waals surface area contributed by atoms with Crippen LogP contribution in [0.25, 0.3) is 0 Å². The molecule has 1 aliphatic rings. The molecule has 6 nitrogen and oxygen atoms in total. The molecule has 0 saturated heterocycles. The Hall–Kier alpha value is -3.02. The molecule has 0 saturated carbocycles. The molecule has 6 heteroatoms. The fraction of sp³-hybridized carbons (Fsp3) is 0.333. The number of amides is 1. The highest BCUT2D eigenvalue weighted by atomic mass is 16.7. The largest absolute Gasteiger partial charge is 0.484 e. The number of ether oxygens (including phenoxy) is 3. The smallest absolute Gasteiger partial charge is 0.277 e. The van der Waals surface area contributed by atoms with E-state index in [0.29, 0.717) is 23.2 Å². The van der Waals surface area contributed by atoms with Gasteiger partial charge in [-0.2, -0.15) is 5.10 Å². The van der Waals surface area contributed by atoms with E-state index in [9.17, 15) is 4.79 Å². The molecule has 1 atom stereocenters. The lowest BCUT2D eigenvalue weighted by Gasteiger charge is -2.11. The maximum atomic E-state index is 11.9. The van der Waals surface area contributed by atoms with Gasteiger partial charge in [0.1, 0.15) is 5.75 Å². The second-order valence-electron chi connectivity index (χ2n) is 6.45. The Morgan fingerprint density at radius 2 is 2.00 bits per heavy atom. The van der Waals surface area contributed by atoms with Crippen LogP contribution in [0.4, 0.5) is 0 Å². The molecule has 1 aliphatic heterocycles. The normalized spacial score (nSPS) is 13.6. The minimum Gasteiger partial charge on any atom is -0.484 e. The number of benzene rings is 2. The van der Waals surface area contributed by atoms with Gasteiger partial charge in [0.2, 0.25) is 6.79 Å². The molecule has 3 rings (SSSR count). The molecular formula is C21H24N2O4. The first-order valence-corrected chi connectivity index (χ1v) is 9.10. The molecule has 1 N–H and O–H groups in total. The van der Waals surface area contributed by atoms with Gasteiger partial charge in [-0.05, 0) is 53.8 Å². The van der Waals surface area contributed by atoms with Crippen LogP contribution in [0.1, 0.15) is 43.7 Å². The topological polar surface area (TPSA) is 69.2 Å². The standard InChI is InChI=1S/C21H24N2O4/c1-3-4-15(2)17-6-8-18(9-7-17)25-13-21(24)23-22-12-16-5-10-19-20(11-16)27-14-26-19/h5-12,15H,3-4,13-14H2,1-2H3,(H,23,24). The number of hydrogen-bond acceptors (Lipinski definition) is 5. The second kappa shape index (κ2) is 9.07. The summed E-state index contributed by atoms with van der Waals surface area (Å²) in [6.45, 7) is 4.53. The number of fused-ring (bicyclic) bond motifs is 1. The van der Waals surface area contributed by atoms with Crippen molar-refractivity contribution >= 4 is 12.1 Å².